The average Bonchev–Trinajstić information content (AvgIpc) is 2.76. The molecule has 6 nitrogen and oxygen atoms in total. The van der Waals surface area contributed by atoms with Gasteiger partial charge in [0, 0.05) is 11.6 Å². The van der Waals surface area contributed by atoms with Crippen LogP contribution in [0.1, 0.15) is 26.5 Å². The van der Waals surface area contributed by atoms with Crippen LogP contribution in [0.25, 0.3) is 0 Å². The molecule has 2 aromatic rings. The number of benzene rings is 1. The fourth-order valence-electron chi connectivity index (χ4n) is 1.60. The van der Waals surface area contributed by atoms with Crippen molar-refractivity contribution in [3.63, 3.8) is 0 Å². The third-order valence-corrected chi connectivity index (χ3v) is 2.50. The van der Waals surface area contributed by atoms with Crippen molar-refractivity contribution in [1.82, 2.24) is 9.78 Å². The van der Waals surface area contributed by atoms with E-state index in [1.54, 1.807) is 6.07 Å². The molecule has 0 spiro atoms. The smallest absolute Gasteiger partial charge is 0.356 e. The summed E-state index contributed by atoms with van der Waals surface area (Å²) in [4.78, 5) is 21.8. The summed E-state index contributed by atoms with van der Waals surface area (Å²) < 4.78 is 14.4. The lowest BCUT2D eigenvalue weighted by Gasteiger charge is -2.05. The fourth-order valence-corrected chi connectivity index (χ4v) is 1.60. The van der Waals surface area contributed by atoms with Crippen molar-refractivity contribution in [3.05, 3.63) is 53.1 Å². The van der Waals surface area contributed by atoms with Gasteiger partial charge in [0.1, 0.15) is 11.5 Å². The number of hydrogen-bond acceptors (Lipinski definition) is 3. The van der Waals surface area contributed by atoms with Crippen molar-refractivity contribution in [2.24, 2.45) is 0 Å². The molecule has 2 rings (SSSR count). The van der Waals surface area contributed by atoms with Crippen molar-refractivity contribution >= 4 is 11.9 Å². The second-order valence-corrected chi connectivity index (χ2v) is 3.77. The van der Waals surface area contributed by atoms with Crippen molar-refractivity contribution in [2.45, 2.75) is 6.54 Å². The number of nitrogens with zero attached hydrogens (tertiary/aromatic N) is 2. The average molecular weight is 264 g/mol. The van der Waals surface area contributed by atoms with Crippen LogP contribution in [0.2, 0.25) is 0 Å². The molecule has 0 aliphatic carbocycles. The Labute approximate surface area is 106 Å². The van der Waals surface area contributed by atoms with Gasteiger partial charge in [-0.15, -0.1) is 0 Å². The van der Waals surface area contributed by atoms with Crippen LogP contribution in [0, 0.1) is 5.82 Å². The standard InChI is InChI=1S/C12H9FN2O4/c13-8-4-2-1-3-7(8)6-15-10(12(18)19)5-9(14-15)11(16)17/h1-5H,6H2,(H,16,17)(H,18,19). The molecule has 0 amide bonds. The first-order valence-electron chi connectivity index (χ1n) is 5.27. The van der Waals surface area contributed by atoms with E-state index in [2.05, 4.69) is 5.10 Å². The summed E-state index contributed by atoms with van der Waals surface area (Å²) in [5, 5.41) is 21.4. The van der Waals surface area contributed by atoms with Gasteiger partial charge in [-0.3, -0.25) is 4.68 Å². The number of carboxylic acid groups (broad SMARTS) is 2. The van der Waals surface area contributed by atoms with Crippen LogP contribution in [0.15, 0.2) is 30.3 Å². The Balaban J connectivity index is 2.42. The van der Waals surface area contributed by atoms with Crippen LogP contribution in [0.5, 0.6) is 0 Å². The molecule has 1 heterocycles. The Morgan fingerprint density at radius 2 is 1.89 bits per heavy atom. The minimum Gasteiger partial charge on any atom is -0.477 e. The number of rotatable bonds is 4. The third kappa shape index (κ3) is 2.59. The second-order valence-electron chi connectivity index (χ2n) is 3.77. The molecule has 0 radical (unpaired) electrons. The zero-order chi connectivity index (χ0) is 14.0. The van der Waals surface area contributed by atoms with E-state index < -0.39 is 23.4 Å². The number of carbonyl (C=O) groups is 2. The quantitative estimate of drug-likeness (QED) is 0.872. The highest BCUT2D eigenvalue weighted by atomic mass is 19.1. The van der Waals surface area contributed by atoms with Gasteiger partial charge < -0.3 is 10.2 Å². The minimum absolute atomic E-state index is 0.151. The normalized spacial score (nSPS) is 10.4. The second kappa shape index (κ2) is 4.89. The number of aromatic nitrogens is 2. The van der Waals surface area contributed by atoms with Crippen LogP contribution >= 0.6 is 0 Å². The van der Waals surface area contributed by atoms with E-state index in [1.807, 2.05) is 0 Å². The van der Waals surface area contributed by atoms with Crippen LogP contribution in [-0.2, 0) is 6.54 Å². The topological polar surface area (TPSA) is 92.4 Å². The molecule has 98 valence electrons. The number of halogens is 1. The summed E-state index contributed by atoms with van der Waals surface area (Å²) in [6.45, 7) is -0.151. The van der Waals surface area contributed by atoms with E-state index in [9.17, 15) is 14.0 Å². The Bertz CT molecular complexity index is 651. The van der Waals surface area contributed by atoms with Crippen LogP contribution < -0.4 is 0 Å². The molecular formula is C12H9FN2O4. The maximum absolute atomic E-state index is 13.5. The predicted molar refractivity (Wildman–Crippen MR) is 61.6 cm³/mol. The SMILES string of the molecule is O=C(O)c1cc(C(=O)O)n(Cc2ccccc2F)n1. The zero-order valence-corrected chi connectivity index (χ0v) is 9.58. The van der Waals surface area contributed by atoms with Crippen LogP contribution in [0.4, 0.5) is 4.39 Å². The summed E-state index contributed by atoms with van der Waals surface area (Å²) >= 11 is 0. The third-order valence-electron chi connectivity index (χ3n) is 2.50. The molecule has 0 fully saturated rings. The lowest BCUT2D eigenvalue weighted by Crippen LogP contribution is -2.12. The monoisotopic (exact) mass is 264 g/mol. The van der Waals surface area contributed by atoms with Gasteiger partial charge >= 0.3 is 11.9 Å². The molecule has 0 saturated heterocycles. The van der Waals surface area contributed by atoms with Gasteiger partial charge in [-0.2, -0.15) is 5.10 Å². The molecule has 7 heteroatoms. The molecule has 0 unspecified atom stereocenters. The van der Waals surface area contributed by atoms with E-state index in [-0.39, 0.29) is 17.8 Å². The van der Waals surface area contributed by atoms with Gasteiger partial charge in [0.05, 0.1) is 6.54 Å². The van der Waals surface area contributed by atoms with Crippen molar-refractivity contribution in [1.29, 1.82) is 0 Å². The summed E-state index contributed by atoms with van der Waals surface area (Å²) in [5.74, 6) is -3.17. The van der Waals surface area contributed by atoms with Crippen molar-refractivity contribution < 1.29 is 24.2 Å². The van der Waals surface area contributed by atoms with Crippen molar-refractivity contribution in [3.8, 4) is 0 Å². The summed E-state index contributed by atoms with van der Waals surface area (Å²) in [6.07, 6.45) is 0. The van der Waals surface area contributed by atoms with Gasteiger partial charge in [-0.1, -0.05) is 18.2 Å². The molecule has 1 aromatic heterocycles. The first-order chi connectivity index (χ1) is 8.99. The Kier molecular flexibility index (Phi) is 3.28. The molecule has 0 saturated carbocycles. The van der Waals surface area contributed by atoms with Crippen molar-refractivity contribution in [2.75, 3.05) is 0 Å². The molecule has 0 bridgehead atoms. The first kappa shape index (κ1) is 12.7. The van der Waals surface area contributed by atoms with Gasteiger partial charge in [-0.05, 0) is 6.07 Å². The summed E-state index contributed by atoms with van der Waals surface area (Å²) in [5.41, 5.74) is -0.473. The van der Waals surface area contributed by atoms with E-state index in [1.165, 1.54) is 18.2 Å². The molecular weight excluding hydrogens is 255 g/mol. The molecule has 19 heavy (non-hydrogen) atoms. The van der Waals surface area contributed by atoms with Gasteiger partial charge in [0.2, 0.25) is 0 Å². The lowest BCUT2D eigenvalue weighted by molar-refractivity contribution is 0.0676. The zero-order valence-electron chi connectivity index (χ0n) is 9.58. The summed E-state index contributed by atoms with van der Waals surface area (Å²) in [7, 11) is 0. The highest BCUT2D eigenvalue weighted by Crippen LogP contribution is 2.12. The number of aromatic carboxylic acids is 2. The Hall–Kier alpha value is -2.70. The molecule has 0 atom stereocenters. The fraction of sp³-hybridized carbons (Fsp3) is 0.0833. The van der Waals surface area contributed by atoms with E-state index >= 15 is 0 Å². The largest absolute Gasteiger partial charge is 0.477 e. The van der Waals surface area contributed by atoms with Crippen LogP contribution in [-0.4, -0.2) is 31.9 Å². The minimum atomic E-state index is -1.34. The van der Waals surface area contributed by atoms with Gasteiger partial charge in [0.25, 0.3) is 0 Å². The Morgan fingerprint density at radius 3 is 2.47 bits per heavy atom. The van der Waals surface area contributed by atoms with E-state index in [0.29, 0.717) is 0 Å². The highest BCUT2D eigenvalue weighted by Gasteiger charge is 2.18. The van der Waals surface area contributed by atoms with E-state index in [0.717, 1.165) is 10.7 Å². The summed E-state index contributed by atoms with van der Waals surface area (Å²) in [6, 6.07) is 6.75. The van der Waals surface area contributed by atoms with Gasteiger partial charge in [0.15, 0.2) is 5.69 Å². The molecule has 0 aliphatic heterocycles. The number of carboxylic acids is 2. The van der Waals surface area contributed by atoms with Gasteiger partial charge in [-0.25, -0.2) is 14.0 Å². The number of hydrogen-bond donors (Lipinski definition) is 2. The molecule has 0 aliphatic rings. The predicted octanol–water partition coefficient (Wildman–Crippen LogP) is 1.47. The molecule has 1 aromatic carbocycles. The van der Waals surface area contributed by atoms with E-state index in [4.69, 9.17) is 10.2 Å². The maximum Gasteiger partial charge on any atom is 0.356 e. The Morgan fingerprint density at radius 1 is 1.21 bits per heavy atom. The maximum atomic E-state index is 13.5. The highest BCUT2D eigenvalue weighted by molar-refractivity contribution is 5.91. The lowest BCUT2D eigenvalue weighted by atomic mass is 10.2. The molecule has 2 N–H and O–H groups in total. The van der Waals surface area contributed by atoms with Crippen LogP contribution in [0.3, 0.4) is 0 Å². The first-order valence-corrected chi connectivity index (χ1v) is 5.27.